The van der Waals surface area contributed by atoms with E-state index in [1.165, 1.54) is 0 Å². The van der Waals surface area contributed by atoms with E-state index < -0.39 is 5.97 Å². The minimum absolute atomic E-state index is 0. The van der Waals surface area contributed by atoms with Crippen LogP contribution >= 0.6 is 0 Å². The number of rotatable bonds is 1. The Labute approximate surface area is 99.8 Å². The molecular formula is C3HNaO2Se4. The van der Waals surface area contributed by atoms with Crippen LogP contribution in [0.4, 0.5) is 0 Å². The van der Waals surface area contributed by atoms with E-state index in [1.54, 1.807) is 0 Å². The molecule has 0 fully saturated rings. The Kier molecular flexibility index (Phi) is 8.31. The van der Waals surface area contributed by atoms with Crippen molar-refractivity contribution in [3.63, 3.8) is 0 Å². The Morgan fingerprint density at radius 2 is 2.20 bits per heavy atom. The molecule has 0 atom stereocenters. The second-order valence-corrected chi connectivity index (χ2v) is 26.1. The average molecular weight is 408 g/mol. The topological polar surface area (TPSA) is 40.1 Å². The van der Waals surface area contributed by atoms with Crippen molar-refractivity contribution >= 4 is 52.8 Å². The van der Waals surface area contributed by atoms with Crippen molar-refractivity contribution < 1.29 is 39.5 Å². The predicted octanol–water partition coefficient (Wildman–Crippen LogP) is -5.59. The van der Waals surface area contributed by atoms with Crippen molar-refractivity contribution in [1.82, 2.24) is 0 Å². The summed E-state index contributed by atoms with van der Waals surface area (Å²) in [5, 5.41) is 10.2. The molecular weight excluding hydrogens is 407 g/mol. The van der Waals surface area contributed by atoms with E-state index in [-0.39, 0.29) is 29.6 Å². The number of carbonyl (C=O) groups excluding carboxylic acids is 1. The third-order valence-corrected chi connectivity index (χ3v) is 36.4. The zero-order valence-electron chi connectivity index (χ0n) is 5.03. The van der Waals surface area contributed by atoms with Crippen LogP contribution in [0, 0.1) is 0 Å². The standard InChI is InChI=1S/C3H2O2Se4.Na/c4-3(5)2-1-6-8-9-7-2;/h1H,(H,4,5);/q;+1/p-1. The molecule has 0 radical (unpaired) electrons. The summed E-state index contributed by atoms with van der Waals surface area (Å²) in [5.74, 6) is -0.922. The Morgan fingerprint density at radius 3 is 2.50 bits per heavy atom. The van der Waals surface area contributed by atoms with E-state index in [0.29, 0.717) is 40.5 Å². The average Bonchev–Trinajstić information content (AvgIpc) is 1.90. The first-order valence-corrected chi connectivity index (χ1v) is 16.7. The van der Waals surface area contributed by atoms with E-state index in [2.05, 4.69) is 0 Å². The van der Waals surface area contributed by atoms with Crippen molar-refractivity contribution in [1.29, 1.82) is 0 Å². The minimum atomic E-state index is -0.922. The molecule has 1 rings (SSSR count). The van der Waals surface area contributed by atoms with E-state index in [4.69, 9.17) is 0 Å². The fraction of sp³-hybridized carbons (Fsp3) is 0. The van der Waals surface area contributed by atoms with Crippen molar-refractivity contribution in [2.45, 2.75) is 0 Å². The van der Waals surface area contributed by atoms with Gasteiger partial charge in [0.05, 0.1) is 0 Å². The molecule has 0 aromatic carbocycles. The molecule has 0 aliphatic rings. The maximum Gasteiger partial charge on any atom is 1.00 e. The molecule has 1 heterocycles. The summed E-state index contributed by atoms with van der Waals surface area (Å²) < 4.78 is 0.621. The van der Waals surface area contributed by atoms with Gasteiger partial charge in [0.1, 0.15) is 0 Å². The second-order valence-electron chi connectivity index (χ2n) is 1.09. The third-order valence-electron chi connectivity index (χ3n) is 0.547. The third kappa shape index (κ3) is 4.35. The number of hydrogen-bond acceptors (Lipinski definition) is 2. The molecule has 0 spiro atoms. The Bertz CT molecular complexity index is 215. The van der Waals surface area contributed by atoms with Crippen LogP contribution < -0.4 is 34.7 Å². The monoisotopic (exact) mass is 412 g/mol. The molecule has 0 aliphatic carbocycles. The van der Waals surface area contributed by atoms with E-state index in [9.17, 15) is 9.90 Å². The van der Waals surface area contributed by atoms with E-state index >= 15 is 0 Å². The van der Waals surface area contributed by atoms with Gasteiger partial charge in [-0.05, 0) is 0 Å². The summed E-state index contributed by atoms with van der Waals surface area (Å²) >= 11 is 0.828. The van der Waals surface area contributed by atoms with Gasteiger partial charge < -0.3 is 0 Å². The van der Waals surface area contributed by atoms with Crippen LogP contribution in [0.3, 0.4) is 0 Å². The van der Waals surface area contributed by atoms with Crippen LogP contribution in [0.25, 0.3) is 0 Å². The van der Waals surface area contributed by atoms with Crippen molar-refractivity contribution in [3.05, 3.63) is 9.38 Å². The van der Waals surface area contributed by atoms with Crippen molar-refractivity contribution in [2.24, 2.45) is 0 Å². The second kappa shape index (κ2) is 6.77. The first-order valence-electron chi connectivity index (χ1n) is 1.89. The summed E-state index contributed by atoms with van der Waals surface area (Å²) in [4.78, 5) is 12.1. The molecule has 2 nitrogen and oxygen atoms in total. The largest absolute Gasteiger partial charge is 1.00 e. The zero-order chi connectivity index (χ0) is 6.69. The van der Waals surface area contributed by atoms with Gasteiger partial charge in [0.2, 0.25) is 0 Å². The van der Waals surface area contributed by atoms with Crippen molar-refractivity contribution in [2.75, 3.05) is 0 Å². The van der Waals surface area contributed by atoms with Crippen LogP contribution in [0.5, 0.6) is 0 Å². The SMILES string of the molecule is O=C([O-])c1c[se][se][se][se]1.[Na+]. The smallest absolute Gasteiger partial charge is 1.00 e. The summed E-state index contributed by atoms with van der Waals surface area (Å²) in [6.45, 7) is 0. The van der Waals surface area contributed by atoms with Gasteiger partial charge in [0.15, 0.2) is 0 Å². The van der Waals surface area contributed by atoms with Gasteiger partial charge in [-0.1, -0.05) is 0 Å². The summed E-state index contributed by atoms with van der Waals surface area (Å²) in [6, 6.07) is 0. The first kappa shape index (κ1) is 12.3. The molecule has 10 heavy (non-hydrogen) atoms. The molecule has 1 aromatic heterocycles. The Morgan fingerprint density at radius 1 is 1.50 bits per heavy atom. The maximum absolute atomic E-state index is 10.2. The maximum atomic E-state index is 10.2. The van der Waals surface area contributed by atoms with Crippen LogP contribution in [-0.4, -0.2) is 52.8 Å². The number of carboxylic acids is 1. The summed E-state index contributed by atoms with van der Waals surface area (Å²) in [6.07, 6.45) is 0. The van der Waals surface area contributed by atoms with Crippen LogP contribution in [0.1, 0.15) is 9.23 Å². The Hall–Kier alpha value is 2.29. The molecule has 0 amide bonds. The van der Waals surface area contributed by atoms with Crippen LogP contribution in [0.15, 0.2) is 4.94 Å². The Balaban J connectivity index is 0.000000810. The molecule has 0 saturated carbocycles. The van der Waals surface area contributed by atoms with Gasteiger partial charge in [-0.3, -0.25) is 0 Å². The number of carboxylic acid groups (broad SMARTS) is 1. The summed E-state index contributed by atoms with van der Waals surface area (Å²) in [7, 11) is 1.48. The molecule has 50 valence electrons. The normalized spacial score (nSPS) is 8.00. The molecule has 1 aromatic rings. The van der Waals surface area contributed by atoms with Crippen LogP contribution in [0.2, 0.25) is 0 Å². The molecule has 0 bridgehead atoms. The van der Waals surface area contributed by atoms with Gasteiger partial charge in [-0.15, -0.1) is 0 Å². The van der Waals surface area contributed by atoms with Gasteiger partial charge in [-0.25, -0.2) is 0 Å². The molecule has 0 N–H and O–H groups in total. The fourth-order valence-corrected chi connectivity index (χ4v) is 37.0. The molecule has 0 unspecified atom stereocenters. The van der Waals surface area contributed by atoms with Gasteiger partial charge >= 0.3 is 102 Å². The number of aromatic carboxylic acids is 1. The quantitative estimate of drug-likeness (QED) is 0.436. The van der Waals surface area contributed by atoms with Gasteiger partial charge in [0.25, 0.3) is 0 Å². The van der Waals surface area contributed by atoms with Crippen molar-refractivity contribution in [3.8, 4) is 0 Å². The van der Waals surface area contributed by atoms with Gasteiger partial charge in [-0.2, -0.15) is 0 Å². The number of carbonyl (C=O) groups is 1. The van der Waals surface area contributed by atoms with Crippen LogP contribution in [-0.2, 0) is 0 Å². The van der Waals surface area contributed by atoms with E-state index in [1.807, 2.05) is 4.94 Å². The number of hydrogen-bond donors (Lipinski definition) is 0. The predicted molar refractivity (Wildman–Crippen MR) is 36.2 cm³/mol. The zero-order valence-corrected chi connectivity index (χ0v) is 13.9. The first-order chi connectivity index (χ1) is 4.30. The fourth-order valence-electron chi connectivity index (χ4n) is 0.232. The molecule has 7 heteroatoms. The van der Waals surface area contributed by atoms with E-state index in [0.717, 1.165) is 10.8 Å². The van der Waals surface area contributed by atoms with Gasteiger partial charge in [0, 0.05) is 0 Å². The minimum Gasteiger partial charge on any atom is 1.00 e. The molecule has 0 aliphatic heterocycles. The summed E-state index contributed by atoms with van der Waals surface area (Å²) in [5.41, 5.74) is 0. The molecule has 0 saturated heterocycles.